The molecule has 0 fully saturated rings. The Bertz CT molecular complexity index is 1420. The van der Waals surface area contributed by atoms with Gasteiger partial charge in [0.1, 0.15) is 5.69 Å². The van der Waals surface area contributed by atoms with Gasteiger partial charge in [-0.25, -0.2) is 4.98 Å². The molecule has 8 heteroatoms. The average molecular weight is 540 g/mol. The minimum atomic E-state index is -0.0978. The SMILES string of the molecule is CC(=O)N1CCCN(Cc2ccccn2)CCN(C(=O)c2nc(C)sc2-c2ccccc2)Cc2ccccc21. The second kappa shape index (κ2) is 12.3. The van der Waals surface area contributed by atoms with E-state index in [2.05, 4.69) is 9.88 Å². The van der Waals surface area contributed by atoms with Crippen LogP contribution in [-0.4, -0.2) is 57.8 Å². The van der Waals surface area contributed by atoms with Crippen molar-refractivity contribution in [2.45, 2.75) is 33.4 Å². The number of thiazole rings is 1. The van der Waals surface area contributed by atoms with E-state index in [-0.39, 0.29) is 11.8 Å². The molecule has 1 aliphatic heterocycles. The molecule has 1 aliphatic rings. The van der Waals surface area contributed by atoms with E-state index in [1.54, 1.807) is 24.5 Å². The molecule has 0 N–H and O–H groups in total. The number of fused-ring (bicyclic) bond motifs is 1. The zero-order valence-corrected chi connectivity index (χ0v) is 23.2. The van der Waals surface area contributed by atoms with Crippen molar-refractivity contribution < 1.29 is 9.59 Å². The lowest BCUT2D eigenvalue weighted by Crippen LogP contribution is -2.39. The van der Waals surface area contributed by atoms with E-state index in [9.17, 15) is 9.59 Å². The topological polar surface area (TPSA) is 69.6 Å². The Morgan fingerprint density at radius 3 is 2.44 bits per heavy atom. The molecule has 0 aliphatic carbocycles. The van der Waals surface area contributed by atoms with Crippen LogP contribution in [-0.2, 0) is 17.9 Å². The zero-order valence-electron chi connectivity index (χ0n) is 22.4. The van der Waals surface area contributed by atoms with Crippen LogP contribution in [0.15, 0.2) is 79.0 Å². The number of para-hydroxylation sites is 1. The molecule has 0 radical (unpaired) electrons. The third-order valence-corrected chi connectivity index (χ3v) is 7.96. The van der Waals surface area contributed by atoms with E-state index in [4.69, 9.17) is 4.98 Å². The van der Waals surface area contributed by atoms with Crippen LogP contribution < -0.4 is 4.90 Å². The highest BCUT2D eigenvalue weighted by atomic mass is 32.1. The number of aryl methyl sites for hydroxylation is 1. The Morgan fingerprint density at radius 1 is 0.897 bits per heavy atom. The number of amides is 2. The largest absolute Gasteiger partial charge is 0.332 e. The van der Waals surface area contributed by atoms with Crippen molar-refractivity contribution in [1.82, 2.24) is 19.8 Å². The number of hydrogen-bond acceptors (Lipinski definition) is 6. The Labute approximate surface area is 233 Å². The highest BCUT2D eigenvalue weighted by Gasteiger charge is 2.27. The van der Waals surface area contributed by atoms with Crippen molar-refractivity contribution in [3.8, 4) is 10.4 Å². The van der Waals surface area contributed by atoms with Gasteiger partial charge in [0.25, 0.3) is 5.91 Å². The van der Waals surface area contributed by atoms with Gasteiger partial charge in [-0.05, 0) is 42.7 Å². The number of hydrogen-bond donors (Lipinski definition) is 0. The summed E-state index contributed by atoms with van der Waals surface area (Å²) in [4.78, 5) is 43.1. The van der Waals surface area contributed by atoms with Crippen LogP contribution in [0.1, 0.15) is 40.1 Å². The maximum absolute atomic E-state index is 14.2. The van der Waals surface area contributed by atoms with Crippen LogP contribution in [0.3, 0.4) is 0 Å². The average Bonchev–Trinajstić information content (AvgIpc) is 3.34. The summed E-state index contributed by atoms with van der Waals surface area (Å²) in [5.74, 6) is -0.100. The van der Waals surface area contributed by atoms with Crippen molar-refractivity contribution in [2.75, 3.05) is 31.1 Å². The first-order chi connectivity index (χ1) is 19.0. The van der Waals surface area contributed by atoms with E-state index >= 15 is 0 Å². The molecule has 0 saturated carbocycles. The smallest absolute Gasteiger partial charge is 0.274 e. The first-order valence-electron chi connectivity index (χ1n) is 13.3. The first kappa shape index (κ1) is 26.7. The minimum absolute atomic E-state index is 0.00246. The maximum atomic E-state index is 14.2. The van der Waals surface area contributed by atoms with Crippen molar-refractivity contribution >= 4 is 28.8 Å². The van der Waals surface area contributed by atoms with Gasteiger partial charge in [0.05, 0.1) is 15.6 Å². The molecule has 5 rings (SSSR count). The number of pyridine rings is 1. The molecular formula is C31H33N5O2S. The summed E-state index contributed by atoms with van der Waals surface area (Å²) >= 11 is 1.54. The van der Waals surface area contributed by atoms with Gasteiger partial charge >= 0.3 is 0 Å². The zero-order chi connectivity index (χ0) is 27.2. The summed E-state index contributed by atoms with van der Waals surface area (Å²) in [6, 6.07) is 23.8. The number of carbonyl (C=O) groups is 2. The fraction of sp³-hybridized carbons (Fsp3) is 0.290. The molecule has 0 unspecified atom stereocenters. The van der Waals surface area contributed by atoms with Crippen molar-refractivity contribution in [2.24, 2.45) is 0 Å². The van der Waals surface area contributed by atoms with Crippen molar-refractivity contribution in [3.05, 3.63) is 101 Å². The third-order valence-electron chi connectivity index (χ3n) is 6.94. The molecule has 0 bridgehead atoms. The minimum Gasteiger partial charge on any atom is -0.332 e. The number of carbonyl (C=O) groups excluding carboxylic acids is 2. The predicted octanol–water partition coefficient (Wildman–Crippen LogP) is 5.41. The highest BCUT2D eigenvalue weighted by molar-refractivity contribution is 7.15. The van der Waals surface area contributed by atoms with Crippen LogP contribution in [0.2, 0.25) is 0 Å². The standard InChI is InChI=1S/C31H33N5O2S/c1-23-33-29(30(39-23)25-11-4-3-5-12-25)31(38)35-20-19-34(22-27-14-8-9-16-32-27)17-10-18-36(24(2)37)28-15-7-6-13-26(28)21-35/h3-9,11-16H,10,17-22H2,1-2H3. The lowest BCUT2D eigenvalue weighted by molar-refractivity contribution is -0.116. The molecule has 4 aromatic rings. The molecular weight excluding hydrogens is 506 g/mol. The summed E-state index contributed by atoms with van der Waals surface area (Å²) in [5, 5.41) is 0.856. The van der Waals surface area contributed by atoms with Gasteiger partial charge in [-0.3, -0.25) is 19.5 Å². The second-order valence-electron chi connectivity index (χ2n) is 9.75. The lowest BCUT2D eigenvalue weighted by Gasteiger charge is -2.28. The van der Waals surface area contributed by atoms with E-state index in [1.165, 1.54) is 0 Å². The first-order valence-corrected chi connectivity index (χ1v) is 14.1. The van der Waals surface area contributed by atoms with E-state index in [0.29, 0.717) is 38.4 Å². The molecule has 39 heavy (non-hydrogen) atoms. The summed E-state index contributed by atoms with van der Waals surface area (Å²) in [7, 11) is 0. The molecule has 2 aromatic heterocycles. The molecule has 200 valence electrons. The molecule has 0 spiro atoms. The normalized spacial score (nSPS) is 14.9. The van der Waals surface area contributed by atoms with Crippen LogP contribution >= 0.6 is 11.3 Å². The number of aromatic nitrogens is 2. The Balaban J connectivity index is 1.51. The number of anilines is 1. The molecule has 0 atom stereocenters. The fourth-order valence-corrected chi connectivity index (χ4v) is 5.94. The Hall–Kier alpha value is -3.88. The van der Waals surface area contributed by atoms with Gasteiger partial charge in [0.2, 0.25) is 5.91 Å². The second-order valence-corrected chi connectivity index (χ2v) is 11.0. The van der Waals surface area contributed by atoms with Gasteiger partial charge in [0.15, 0.2) is 0 Å². The third kappa shape index (κ3) is 6.41. The van der Waals surface area contributed by atoms with Crippen LogP contribution in [0.25, 0.3) is 10.4 Å². The van der Waals surface area contributed by atoms with Crippen LogP contribution in [0, 0.1) is 6.92 Å². The van der Waals surface area contributed by atoms with Gasteiger partial charge < -0.3 is 9.80 Å². The Morgan fingerprint density at radius 2 is 1.67 bits per heavy atom. The van der Waals surface area contributed by atoms with Gasteiger partial charge in [0, 0.05) is 58.1 Å². The van der Waals surface area contributed by atoms with Gasteiger partial charge in [-0.15, -0.1) is 11.3 Å². The van der Waals surface area contributed by atoms with Crippen LogP contribution in [0.4, 0.5) is 5.69 Å². The molecule has 7 nitrogen and oxygen atoms in total. The quantitative estimate of drug-likeness (QED) is 0.347. The summed E-state index contributed by atoms with van der Waals surface area (Å²) in [5.41, 5.74) is 4.27. The van der Waals surface area contributed by atoms with E-state index in [0.717, 1.165) is 45.4 Å². The monoisotopic (exact) mass is 539 g/mol. The highest BCUT2D eigenvalue weighted by Crippen LogP contribution is 2.32. The molecule has 2 aromatic carbocycles. The molecule has 3 heterocycles. The summed E-state index contributed by atoms with van der Waals surface area (Å²) in [6.07, 6.45) is 2.62. The lowest BCUT2D eigenvalue weighted by atomic mass is 10.1. The molecule has 0 saturated heterocycles. The van der Waals surface area contributed by atoms with Crippen molar-refractivity contribution in [1.29, 1.82) is 0 Å². The predicted molar refractivity (Wildman–Crippen MR) is 156 cm³/mol. The van der Waals surface area contributed by atoms with Gasteiger partial charge in [-0.2, -0.15) is 0 Å². The fourth-order valence-electron chi connectivity index (χ4n) is 5.03. The van der Waals surface area contributed by atoms with E-state index in [1.807, 2.05) is 89.5 Å². The summed E-state index contributed by atoms with van der Waals surface area (Å²) in [6.45, 7) is 7.24. The number of rotatable bonds is 4. The number of benzene rings is 2. The molecule has 2 amide bonds. The van der Waals surface area contributed by atoms with Crippen molar-refractivity contribution in [3.63, 3.8) is 0 Å². The van der Waals surface area contributed by atoms with Crippen LogP contribution in [0.5, 0.6) is 0 Å². The maximum Gasteiger partial charge on any atom is 0.274 e. The Kier molecular flexibility index (Phi) is 8.44. The van der Waals surface area contributed by atoms with E-state index < -0.39 is 0 Å². The number of nitrogens with zero attached hydrogens (tertiary/aromatic N) is 5. The summed E-state index contributed by atoms with van der Waals surface area (Å²) < 4.78 is 0. The van der Waals surface area contributed by atoms with Gasteiger partial charge in [-0.1, -0.05) is 54.6 Å².